The molecule has 0 aliphatic heterocycles. The summed E-state index contributed by atoms with van der Waals surface area (Å²) in [7, 11) is 0. The van der Waals surface area contributed by atoms with Gasteiger partial charge in [0.2, 0.25) is 0 Å². The first-order valence-corrected chi connectivity index (χ1v) is 5.70. The van der Waals surface area contributed by atoms with Crippen LogP contribution >= 0.6 is 0 Å². The number of phenols is 1. The molecule has 1 rings (SSSR count). The lowest BCUT2D eigenvalue weighted by Gasteiger charge is -2.11. The molecule has 0 aromatic heterocycles. The van der Waals surface area contributed by atoms with Gasteiger partial charge in [0.05, 0.1) is 5.71 Å². The molecule has 1 aromatic carbocycles. The van der Waals surface area contributed by atoms with Crippen LogP contribution in [0.4, 0.5) is 0 Å². The predicted octanol–water partition coefficient (Wildman–Crippen LogP) is 3.33. The van der Waals surface area contributed by atoms with Gasteiger partial charge in [-0.2, -0.15) is 0 Å². The predicted molar refractivity (Wildman–Crippen MR) is 70.6 cm³/mol. The van der Waals surface area contributed by atoms with Crippen LogP contribution in [-0.2, 0) is 4.84 Å². The number of hydrogen-bond donors (Lipinski definition) is 1. The van der Waals surface area contributed by atoms with Crippen molar-refractivity contribution in [3.05, 3.63) is 41.5 Å². The van der Waals surface area contributed by atoms with Crippen molar-refractivity contribution in [1.29, 1.82) is 0 Å². The highest BCUT2D eigenvalue weighted by molar-refractivity contribution is 6.03. The lowest BCUT2D eigenvalue weighted by atomic mass is 9.99. The Morgan fingerprint density at radius 1 is 1.47 bits per heavy atom. The maximum atomic E-state index is 9.97. The van der Waals surface area contributed by atoms with Crippen molar-refractivity contribution >= 4 is 5.71 Å². The minimum absolute atomic E-state index is 0.255. The third-order valence-electron chi connectivity index (χ3n) is 2.45. The number of hydrogen-bond acceptors (Lipinski definition) is 3. The molecule has 3 heteroatoms. The molecule has 0 aliphatic rings. The van der Waals surface area contributed by atoms with Gasteiger partial charge in [-0.1, -0.05) is 30.8 Å². The molecule has 0 unspecified atom stereocenters. The normalized spacial score (nSPS) is 11.4. The second-order valence-corrected chi connectivity index (χ2v) is 3.95. The number of oxime groups is 1. The summed E-state index contributed by atoms with van der Waals surface area (Å²) in [6.45, 7) is 9.82. The van der Waals surface area contributed by atoms with Crippen molar-refractivity contribution < 1.29 is 9.94 Å². The van der Waals surface area contributed by atoms with Gasteiger partial charge in [-0.05, 0) is 37.5 Å². The van der Waals surface area contributed by atoms with Crippen LogP contribution in [0.2, 0.25) is 0 Å². The number of phenolic OH excluding ortho intramolecular Hbond substituents is 1. The van der Waals surface area contributed by atoms with Crippen LogP contribution in [-0.4, -0.2) is 17.4 Å². The Bertz CT molecular complexity index is 413. The zero-order valence-corrected chi connectivity index (χ0v) is 10.7. The van der Waals surface area contributed by atoms with Gasteiger partial charge < -0.3 is 9.94 Å². The quantitative estimate of drug-likeness (QED) is 0.367. The molecule has 0 aliphatic carbocycles. The summed E-state index contributed by atoms with van der Waals surface area (Å²) >= 11 is 0. The van der Waals surface area contributed by atoms with Crippen LogP contribution in [0.5, 0.6) is 5.75 Å². The molecular formula is C14H19NO2. The van der Waals surface area contributed by atoms with E-state index < -0.39 is 0 Å². The molecule has 1 N–H and O–H groups in total. The molecule has 0 spiro atoms. The summed E-state index contributed by atoms with van der Waals surface area (Å²) < 4.78 is 0. The highest BCUT2D eigenvalue weighted by Gasteiger charge is 2.12. The highest BCUT2D eigenvalue weighted by atomic mass is 16.6. The number of nitrogens with zero attached hydrogens (tertiary/aromatic N) is 1. The minimum Gasteiger partial charge on any atom is -0.507 e. The maximum absolute atomic E-state index is 9.97. The van der Waals surface area contributed by atoms with Crippen LogP contribution in [0.1, 0.15) is 30.0 Å². The van der Waals surface area contributed by atoms with E-state index in [0.717, 1.165) is 22.4 Å². The van der Waals surface area contributed by atoms with Gasteiger partial charge in [-0.25, -0.2) is 0 Å². The summed E-state index contributed by atoms with van der Waals surface area (Å²) in [6, 6.07) is 3.76. The van der Waals surface area contributed by atoms with Gasteiger partial charge in [0.25, 0.3) is 0 Å². The second kappa shape index (κ2) is 6.09. The Kier molecular flexibility index (Phi) is 4.76. The first kappa shape index (κ1) is 13.3. The zero-order valence-electron chi connectivity index (χ0n) is 10.7. The van der Waals surface area contributed by atoms with E-state index in [1.165, 1.54) is 0 Å². The molecule has 0 heterocycles. The fourth-order valence-electron chi connectivity index (χ4n) is 1.78. The van der Waals surface area contributed by atoms with Gasteiger partial charge in [0.15, 0.2) is 0 Å². The summed E-state index contributed by atoms with van der Waals surface area (Å²) in [5.74, 6) is 0.255. The van der Waals surface area contributed by atoms with E-state index in [2.05, 4.69) is 11.7 Å². The van der Waals surface area contributed by atoms with Crippen LogP contribution in [0, 0.1) is 13.8 Å². The first-order valence-electron chi connectivity index (χ1n) is 5.70. The zero-order chi connectivity index (χ0) is 12.8. The molecule has 0 radical (unpaired) electrons. The molecule has 92 valence electrons. The molecule has 17 heavy (non-hydrogen) atoms. The average molecular weight is 233 g/mol. The van der Waals surface area contributed by atoms with Crippen molar-refractivity contribution in [3.63, 3.8) is 0 Å². The molecule has 0 saturated carbocycles. The van der Waals surface area contributed by atoms with E-state index in [4.69, 9.17) is 4.84 Å². The summed E-state index contributed by atoms with van der Waals surface area (Å²) in [4.78, 5) is 5.09. The van der Waals surface area contributed by atoms with Crippen molar-refractivity contribution in [2.24, 2.45) is 5.16 Å². The summed E-state index contributed by atoms with van der Waals surface area (Å²) in [5.41, 5.74) is 3.56. The standard InChI is InChI=1S/C14H19NO2/c1-5-7-17-15-12(6-2)14-11(4)8-10(3)9-13(14)16/h5,8-9,16H,1,6-7H2,2-4H3/b15-12+. The first-order chi connectivity index (χ1) is 8.10. The average Bonchev–Trinajstić information content (AvgIpc) is 2.25. The maximum Gasteiger partial charge on any atom is 0.135 e. The van der Waals surface area contributed by atoms with Crippen LogP contribution in [0.3, 0.4) is 0 Å². The van der Waals surface area contributed by atoms with E-state index in [-0.39, 0.29) is 5.75 Å². The second-order valence-electron chi connectivity index (χ2n) is 3.95. The summed E-state index contributed by atoms with van der Waals surface area (Å²) in [6.07, 6.45) is 2.34. The van der Waals surface area contributed by atoms with Crippen molar-refractivity contribution in [3.8, 4) is 5.75 Å². The molecule has 0 amide bonds. The fraction of sp³-hybridized carbons (Fsp3) is 0.357. The Hall–Kier alpha value is -1.77. The van der Waals surface area contributed by atoms with Crippen LogP contribution in [0.15, 0.2) is 29.9 Å². The lowest BCUT2D eigenvalue weighted by molar-refractivity contribution is 0.174. The Morgan fingerprint density at radius 3 is 2.71 bits per heavy atom. The van der Waals surface area contributed by atoms with E-state index >= 15 is 0 Å². The van der Waals surface area contributed by atoms with Gasteiger partial charge in [-0.15, -0.1) is 0 Å². The minimum atomic E-state index is 0.255. The largest absolute Gasteiger partial charge is 0.507 e. The lowest BCUT2D eigenvalue weighted by Crippen LogP contribution is -2.04. The molecule has 1 aromatic rings. The van der Waals surface area contributed by atoms with Crippen LogP contribution in [0.25, 0.3) is 0 Å². The van der Waals surface area contributed by atoms with Gasteiger partial charge in [0, 0.05) is 5.56 Å². The summed E-state index contributed by atoms with van der Waals surface area (Å²) in [5, 5.41) is 14.0. The smallest absolute Gasteiger partial charge is 0.135 e. The van der Waals surface area contributed by atoms with Gasteiger partial charge >= 0.3 is 0 Å². The molecule has 0 fully saturated rings. The van der Waals surface area contributed by atoms with Crippen LogP contribution < -0.4 is 0 Å². The SMILES string of the molecule is C=CCO/N=C(\CC)c1c(C)cc(C)cc1O. The number of rotatable bonds is 5. The Balaban J connectivity index is 3.11. The topological polar surface area (TPSA) is 41.8 Å². The third kappa shape index (κ3) is 3.34. The van der Waals surface area contributed by atoms with Crippen molar-refractivity contribution in [1.82, 2.24) is 0 Å². The molecule has 0 bridgehead atoms. The van der Waals surface area contributed by atoms with E-state index in [1.54, 1.807) is 12.1 Å². The Labute approximate surface area is 102 Å². The number of aryl methyl sites for hydroxylation is 2. The fourth-order valence-corrected chi connectivity index (χ4v) is 1.78. The third-order valence-corrected chi connectivity index (χ3v) is 2.45. The van der Waals surface area contributed by atoms with Gasteiger partial charge in [0.1, 0.15) is 12.4 Å². The molecule has 3 nitrogen and oxygen atoms in total. The van der Waals surface area contributed by atoms with E-state index in [0.29, 0.717) is 13.0 Å². The monoisotopic (exact) mass is 233 g/mol. The van der Waals surface area contributed by atoms with Crippen molar-refractivity contribution in [2.75, 3.05) is 6.61 Å². The van der Waals surface area contributed by atoms with E-state index in [1.807, 2.05) is 26.8 Å². The Morgan fingerprint density at radius 2 is 2.18 bits per heavy atom. The highest BCUT2D eigenvalue weighted by Crippen LogP contribution is 2.24. The van der Waals surface area contributed by atoms with E-state index in [9.17, 15) is 5.11 Å². The molecular weight excluding hydrogens is 214 g/mol. The number of benzene rings is 1. The van der Waals surface area contributed by atoms with Gasteiger partial charge in [-0.3, -0.25) is 0 Å². The molecule has 0 atom stereocenters. The van der Waals surface area contributed by atoms with Crippen molar-refractivity contribution in [2.45, 2.75) is 27.2 Å². The molecule has 0 saturated heterocycles. The number of aromatic hydroxyl groups is 1.